The van der Waals surface area contributed by atoms with E-state index in [0.717, 1.165) is 19.3 Å². The average molecular weight is 233 g/mol. The minimum absolute atomic E-state index is 0.155. The molecular formula is C11H15N5O. The Labute approximate surface area is 98.2 Å². The molecule has 0 aliphatic carbocycles. The molecule has 0 aliphatic rings. The van der Waals surface area contributed by atoms with Crippen molar-refractivity contribution in [2.75, 3.05) is 5.73 Å². The monoisotopic (exact) mass is 233 g/mol. The highest BCUT2D eigenvalue weighted by Crippen LogP contribution is 2.05. The standard InChI is InChI=1S/C11H15N5O/c1-2-3-4-5-6-16-10(17)8-9(14-7-13-8)15-11(16)12/h5-7H,2-4H2,1H3,(H2,12,15)(H,13,14). The third-order valence-electron chi connectivity index (χ3n) is 2.50. The van der Waals surface area contributed by atoms with Crippen LogP contribution in [0.4, 0.5) is 5.95 Å². The van der Waals surface area contributed by atoms with Crippen molar-refractivity contribution < 1.29 is 0 Å². The second-order valence-electron chi connectivity index (χ2n) is 3.77. The first-order valence-corrected chi connectivity index (χ1v) is 5.61. The highest BCUT2D eigenvalue weighted by Gasteiger charge is 2.07. The van der Waals surface area contributed by atoms with E-state index in [1.54, 1.807) is 6.20 Å². The molecule has 2 heterocycles. The van der Waals surface area contributed by atoms with Gasteiger partial charge in [0.1, 0.15) is 0 Å². The number of aromatic nitrogens is 4. The summed E-state index contributed by atoms with van der Waals surface area (Å²) in [6.07, 6.45) is 8.15. The van der Waals surface area contributed by atoms with Gasteiger partial charge in [-0.25, -0.2) is 4.98 Å². The van der Waals surface area contributed by atoms with Gasteiger partial charge in [0.2, 0.25) is 5.95 Å². The molecule has 0 spiro atoms. The van der Waals surface area contributed by atoms with Crippen LogP contribution < -0.4 is 11.3 Å². The Morgan fingerprint density at radius 2 is 2.41 bits per heavy atom. The average Bonchev–Trinajstić information content (AvgIpc) is 2.76. The molecule has 2 aromatic heterocycles. The highest BCUT2D eigenvalue weighted by atomic mass is 16.1. The normalized spacial score (nSPS) is 11.6. The van der Waals surface area contributed by atoms with Gasteiger partial charge in [0.25, 0.3) is 5.56 Å². The second-order valence-corrected chi connectivity index (χ2v) is 3.77. The molecule has 0 radical (unpaired) electrons. The van der Waals surface area contributed by atoms with Crippen LogP contribution in [0.15, 0.2) is 17.2 Å². The van der Waals surface area contributed by atoms with Gasteiger partial charge in [-0.1, -0.05) is 25.8 Å². The van der Waals surface area contributed by atoms with Gasteiger partial charge >= 0.3 is 0 Å². The number of hydrogen-bond donors (Lipinski definition) is 2. The summed E-state index contributed by atoms with van der Waals surface area (Å²) in [6.45, 7) is 2.12. The summed E-state index contributed by atoms with van der Waals surface area (Å²) in [5.41, 5.74) is 6.21. The Bertz CT molecular complexity index is 595. The zero-order valence-electron chi connectivity index (χ0n) is 9.68. The molecule has 3 N–H and O–H groups in total. The van der Waals surface area contributed by atoms with Crippen molar-refractivity contribution in [3.8, 4) is 0 Å². The number of aromatic amines is 1. The van der Waals surface area contributed by atoms with E-state index in [-0.39, 0.29) is 11.5 Å². The van der Waals surface area contributed by atoms with E-state index < -0.39 is 0 Å². The Morgan fingerprint density at radius 1 is 1.59 bits per heavy atom. The summed E-state index contributed by atoms with van der Waals surface area (Å²) in [5.74, 6) is 0.155. The number of rotatable bonds is 4. The van der Waals surface area contributed by atoms with E-state index in [4.69, 9.17) is 5.73 Å². The van der Waals surface area contributed by atoms with E-state index in [2.05, 4.69) is 21.9 Å². The van der Waals surface area contributed by atoms with E-state index in [1.165, 1.54) is 10.9 Å². The number of anilines is 1. The van der Waals surface area contributed by atoms with Gasteiger partial charge < -0.3 is 10.7 Å². The van der Waals surface area contributed by atoms with Crippen LogP contribution in [0.25, 0.3) is 17.4 Å². The number of nitrogens with zero attached hydrogens (tertiary/aromatic N) is 3. The van der Waals surface area contributed by atoms with Gasteiger partial charge in [-0.3, -0.25) is 9.36 Å². The summed E-state index contributed by atoms with van der Waals surface area (Å²) in [5, 5.41) is 0. The topological polar surface area (TPSA) is 89.6 Å². The van der Waals surface area contributed by atoms with Gasteiger partial charge in [0, 0.05) is 6.20 Å². The zero-order chi connectivity index (χ0) is 12.3. The van der Waals surface area contributed by atoms with Crippen LogP contribution in [-0.4, -0.2) is 19.5 Å². The lowest BCUT2D eigenvalue weighted by atomic mass is 10.2. The molecule has 17 heavy (non-hydrogen) atoms. The Kier molecular flexibility index (Phi) is 3.22. The molecule has 6 nitrogen and oxygen atoms in total. The number of nitrogen functional groups attached to an aromatic ring is 1. The summed E-state index contributed by atoms with van der Waals surface area (Å²) in [6, 6.07) is 0. The molecule has 0 bridgehead atoms. The lowest BCUT2D eigenvalue weighted by Crippen LogP contribution is -2.20. The van der Waals surface area contributed by atoms with Crippen molar-refractivity contribution in [1.82, 2.24) is 19.5 Å². The first kappa shape index (κ1) is 11.4. The summed E-state index contributed by atoms with van der Waals surface area (Å²) in [4.78, 5) is 22.7. The van der Waals surface area contributed by atoms with Crippen LogP contribution >= 0.6 is 0 Å². The summed E-state index contributed by atoms with van der Waals surface area (Å²) >= 11 is 0. The number of hydrogen-bond acceptors (Lipinski definition) is 4. The van der Waals surface area contributed by atoms with Gasteiger partial charge in [-0.05, 0) is 6.42 Å². The van der Waals surface area contributed by atoms with Crippen molar-refractivity contribution in [3.63, 3.8) is 0 Å². The molecule has 6 heteroatoms. The van der Waals surface area contributed by atoms with Crippen LogP contribution in [0.5, 0.6) is 0 Å². The predicted octanol–water partition coefficient (Wildman–Crippen LogP) is 1.36. The van der Waals surface area contributed by atoms with Crippen LogP contribution in [-0.2, 0) is 0 Å². The molecule has 0 amide bonds. The molecule has 0 saturated carbocycles. The number of H-pyrrole nitrogens is 1. The van der Waals surface area contributed by atoms with Crippen LogP contribution in [0.1, 0.15) is 26.2 Å². The van der Waals surface area contributed by atoms with E-state index >= 15 is 0 Å². The lowest BCUT2D eigenvalue weighted by Gasteiger charge is -2.02. The fourth-order valence-corrected chi connectivity index (χ4v) is 1.56. The minimum atomic E-state index is -0.224. The quantitative estimate of drug-likeness (QED) is 0.780. The SMILES string of the molecule is CCCCC=Cn1c(N)nc2nc[nH]c2c1=O. The summed E-state index contributed by atoms with van der Waals surface area (Å²) in [7, 11) is 0. The minimum Gasteiger partial charge on any atom is -0.369 e. The zero-order valence-corrected chi connectivity index (χ0v) is 9.68. The molecule has 0 fully saturated rings. The van der Waals surface area contributed by atoms with Crippen molar-refractivity contribution in [3.05, 3.63) is 22.8 Å². The van der Waals surface area contributed by atoms with E-state index in [0.29, 0.717) is 11.2 Å². The smallest absolute Gasteiger partial charge is 0.285 e. The second kappa shape index (κ2) is 4.82. The van der Waals surface area contributed by atoms with Crippen molar-refractivity contribution in [2.45, 2.75) is 26.2 Å². The third kappa shape index (κ3) is 2.20. The molecule has 0 saturated heterocycles. The molecular weight excluding hydrogens is 218 g/mol. The van der Waals surface area contributed by atoms with Gasteiger partial charge in [-0.2, -0.15) is 4.98 Å². The predicted molar refractivity (Wildman–Crippen MR) is 67.4 cm³/mol. The Morgan fingerprint density at radius 3 is 3.18 bits per heavy atom. The van der Waals surface area contributed by atoms with Crippen molar-refractivity contribution in [1.29, 1.82) is 0 Å². The lowest BCUT2D eigenvalue weighted by molar-refractivity contribution is 0.814. The first-order valence-electron chi connectivity index (χ1n) is 5.61. The highest BCUT2D eigenvalue weighted by molar-refractivity contribution is 5.70. The van der Waals surface area contributed by atoms with Crippen LogP contribution in [0, 0.1) is 0 Å². The molecule has 2 aromatic rings. The van der Waals surface area contributed by atoms with Crippen LogP contribution in [0.3, 0.4) is 0 Å². The van der Waals surface area contributed by atoms with Gasteiger partial charge in [0.15, 0.2) is 11.2 Å². The van der Waals surface area contributed by atoms with E-state index in [9.17, 15) is 4.79 Å². The third-order valence-corrected chi connectivity index (χ3v) is 2.50. The molecule has 0 atom stereocenters. The van der Waals surface area contributed by atoms with Crippen LogP contribution in [0.2, 0.25) is 0 Å². The number of nitrogens with one attached hydrogen (secondary N) is 1. The molecule has 0 aliphatic heterocycles. The molecule has 2 rings (SSSR count). The first-order chi connectivity index (χ1) is 8.24. The van der Waals surface area contributed by atoms with Crippen molar-refractivity contribution in [2.24, 2.45) is 0 Å². The maximum absolute atomic E-state index is 12.0. The fourth-order valence-electron chi connectivity index (χ4n) is 1.56. The van der Waals surface area contributed by atoms with Gasteiger partial charge in [-0.15, -0.1) is 0 Å². The summed E-state index contributed by atoms with van der Waals surface area (Å²) < 4.78 is 1.33. The largest absolute Gasteiger partial charge is 0.369 e. The molecule has 90 valence electrons. The Hall–Kier alpha value is -2.11. The maximum atomic E-state index is 12.0. The number of unbranched alkanes of at least 4 members (excludes halogenated alkanes) is 2. The Balaban J connectivity index is 2.39. The molecule has 0 aromatic carbocycles. The number of fused-ring (bicyclic) bond motifs is 1. The maximum Gasteiger partial charge on any atom is 0.285 e. The number of nitrogens with two attached hydrogens (primary N) is 1. The fraction of sp³-hybridized carbons (Fsp3) is 0.364. The van der Waals surface area contributed by atoms with Gasteiger partial charge in [0.05, 0.1) is 6.33 Å². The van der Waals surface area contributed by atoms with Crippen molar-refractivity contribution >= 4 is 23.3 Å². The number of imidazole rings is 1. The van der Waals surface area contributed by atoms with E-state index in [1.807, 2.05) is 6.08 Å². The molecule has 0 unspecified atom stereocenters. The number of allylic oxidation sites excluding steroid dienone is 1.